The van der Waals surface area contributed by atoms with E-state index < -0.39 is 54.5 Å². The Bertz CT molecular complexity index is 617. The summed E-state index contributed by atoms with van der Waals surface area (Å²) in [6.07, 6.45) is 2.55. The van der Waals surface area contributed by atoms with E-state index in [-0.39, 0.29) is 18.3 Å². The highest BCUT2D eigenvalue weighted by Crippen LogP contribution is 2.10. The minimum Gasteiger partial charge on any atom is -0.480 e. The van der Waals surface area contributed by atoms with Crippen LogP contribution in [-0.4, -0.2) is 71.2 Å². The van der Waals surface area contributed by atoms with Crippen LogP contribution in [0.1, 0.15) is 59.8 Å². The summed E-state index contributed by atoms with van der Waals surface area (Å²) in [5, 5.41) is 26.4. The third-order valence-corrected chi connectivity index (χ3v) is 5.73. The lowest BCUT2D eigenvalue weighted by Crippen LogP contribution is -2.59. The van der Waals surface area contributed by atoms with Crippen molar-refractivity contribution in [3.05, 3.63) is 0 Å². The van der Waals surface area contributed by atoms with E-state index in [0.29, 0.717) is 32.2 Å². The molecule has 0 aliphatic heterocycles. The number of nitrogens with one attached hydrogen (secondary N) is 3. The highest BCUT2D eigenvalue weighted by Gasteiger charge is 2.32. The Kier molecular flexibility index (Phi) is 14.5. The number of aliphatic carboxylic acids is 1. The molecular formula is C21H41N5O6. The molecule has 186 valence electrons. The van der Waals surface area contributed by atoms with Gasteiger partial charge in [0, 0.05) is 0 Å². The molecule has 0 aromatic carbocycles. The fraction of sp³-hybridized carbons (Fsp3) is 0.810. The van der Waals surface area contributed by atoms with Crippen molar-refractivity contribution in [2.75, 3.05) is 13.2 Å². The first kappa shape index (κ1) is 29.8. The second kappa shape index (κ2) is 15.5. The van der Waals surface area contributed by atoms with Crippen LogP contribution in [0.25, 0.3) is 0 Å². The van der Waals surface area contributed by atoms with Gasteiger partial charge in [-0.25, -0.2) is 4.79 Å². The van der Waals surface area contributed by atoms with E-state index in [1.54, 1.807) is 13.8 Å². The molecule has 0 aromatic heterocycles. The van der Waals surface area contributed by atoms with Gasteiger partial charge in [0.25, 0.3) is 0 Å². The van der Waals surface area contributed by atoms with Crippen LogP contribution in [0.2, 0.25) is 0 Å². The third-order valence-electron chi connectivity index (χ3n) is 5.73. The average molecular weight is 460 g/mol. The molecular weight excluding hydrogens is 418 g/mol. The van der Waals surface area contributed by atoms with Gasteiger partial charge >= 0.3 is 5.97 Å². The van der Waals surface area contributed by atoms with Gasteiger partial charge in [0.1, 0.15) is 18.1 Å². The van der Waals surface area contributed by atoms with Crippen molar-refractivity contribution in [1.82, 2.24) is 16.0 Å². The second-order valence-electron chi connectivity index (χ2n) is 8.21. The number of hydrogen-bond acceptors (Lipinski definition) is 7. The van der Waals surface area contributed by atoms with Crippen LogP contribution in [0.4, 0.5) is 0 Å². The maximum atomic E-state index is 12.8. The van der Waals surface area contributed by atoms with Gasteiger partial charge in [-0.2, -0.15) is 0 Å². The topological polar surface area (TPSA) is 197 Å². The number of carbonyl (C=O) groups is 4. The van der Waals surface area contributed by atoms with Gasteiger partial charge in [0.05, 0.1) is 12.6 Å². The smallest absolute Gasteiger partial charge is 0.326 e. The average Bonchev–Trinajstić information content (AvgIpc) is 2.77. The first-order valence-corrected chi connectivity index (χ1v) is 11.2. The van der Waals surface area contributed by atoms with Crippen molar-refractivity contribution in [2.45, 2.75) is 84.0 Å². The number of aliphatic hydroxyl groups excluding tert-OH is 1. The normalized spacial score (nSPS) is 16.7. The van der Waals surface area contributed by atoms with Crippen LogP contribution in [-0.2, 0) is 19.2 Å². The van der Waals surface area contributed by atoms with Crippen molar-refractivity contribution in [3.8, 4) is 0 Å². The molecule has 0 heterocycles. The minimum absolute atomic E-state index is 0.124. The first-order chi connectivity index (χ1) is 15.0. The summed E-state index contributed by atoms with van der Waals surface area (Å²) in [6.45, 7) is 6.90. The molecule has 0 aliphatic rings. The van der Waals surface area contributed by atoms with Crippen LogP contribution >= 0.6 is 0 Å². The predicted octanol–water partition coefficient (Wildman–Crippen LogP) is -0.934. The number of amides is 3. The van der Waals surface area contributed by atoms with Crippen LogP contribution in [0.5, 0.6) is 0 Å². The number of nitrogens with two attached hydrogens (primary N) is 2. The molecule has 6 unspecified atom stereocenters. The van der Waals surface area contributed by atoms with E-state index in [4.69, 9.17) is 11.5 Å². The number of carboxylic acid groups (broad SMARTS) is 1. The Labute approximate surface area is 190 Å². The van der Waals surface area contributed by atoms with E-state index in [9.17, 15) is 29.4 Å². The number of rotatable bonds is 16. The second-order valence-corrected chi connectivity index (χ2v) is 8.21. The Morgan fingerprint density at radius 2 is 1.38 bits per heavy atom. The van der Waals surface area contributed by atoms with Gasteiger partial charge in [-0.15, -0.1) is 0 Å². The quantitative estimate of drug-likeness (QED) is 0.144. The summed E-state index contributed by atoms with van der Waals surface area (Å²) in [7, 11) is 0. The van der Waals surface area contributed by atoms with Crippen molar-refractivity contribution >= 4 is 23.7 Å². The minimum atomic E-state index is -1.30. The highest BCUT2D eigenvalue weighted by molar-refractivity contribution is 5.94. The summed E-state index contributed by atoms with van der Waals surface area (Å²) >= 11 is 0. The largest absolute Gasteiger partial charge is 0.480 e. The summed E-state index contributed by atoms with van der Waals surface area (Å²) < 4.78 is 0. The lowest BCUT2D eigenvalue weighted by molar-refractivity contribution is -0.144. The van der Waals surface area contributed by atoms with Crippen LogP contribution < -0.4 is 27.4 Å². The zero-order valence-electron chi connectivity index (χ0n) is 19.6. The van der Waals surface area contributed by atoms with Gasteiger partial charge in [-0.3, -0.25) is 14.4 Å². The molecule has 0 saturated heterocycles. The molecule has 6 atom stereocenters. The van der Waals surface area contributed by atoms with E-state index in [0.717, 1.165) is 0 Å². The monoisotopic (exact) mass is 459 g/mol. The maximum Gasteiger partial charge on any atom is 0.326 e. The summed E-state index contributed by atoms with van der Waals surface area (Å²) in [5.41, 5.74) is 11.4. The molecule has 9 N–H and O–H groups in total. The first-order valence-electron chi connectivity index (χ1n) is 11.2. The Morgan fingerprint density at radius 3 is 1.84 bits per heavy atom. The highest BCUT2D eigenvalue weighted by atomic mass is 16.4. The molecule has 0 saturated carbocycles. The molecule has 0 rings (SSSR count). The van der Waals surface area contributed by atoms with E-state index >= 15 is 0 Å². The van der Waals surface area contributed by atoms with Crippen molar-refractivity contribution in [3.63, 3.8) is 0 Å². The van der Waals surface area contributed by atoms with Crippen LogP contribution in [0.3, 0.4) is 0 Å². The number of unbranched alkanes of at least 4 members (excludes halogenated alkanes) is 1. The van der Waals surface area contributed by atoms with Crippen LogP contribution in [0, 0.1) is 11.8 Å². The number of carbonyl (C=O) groups excluding carboxylic acids is 3. The summed E-state index contributed by atoms with van der Waals surface area (Å²) in [5.74, 6) is -3.60. The lowest BCUT2D eigenvalue weighted by Gasteiger charge is -2.26. The van der Waals surface area contributed by atoms with Gasteiger partial charge in [-0.05, 0) is 37.6 Å². The zero-order chi connectivity index (χ0) is 24.8. The summed E-state index contributed by atoms with van der Waals surface area (Å²) in [4.78, 5) is 49.3. The zero-order valence-corrected chi connectivity index (χ0v) is 19.6. The number of carboxylic acids is 1. The number of aliphatic hydroxyl groups is 1. The Balaban J connectivity index is 5.35. The van der Waals surface area contributed by atoms with E-state index in [1.165, 1.54) is 0 Å². The molecule has 0 spiro atoms. The SMILES string of the molecule is CCC(C)C(N)C(=O)NC(CO)C(=O)NC(CCCCN)C(=O)NC(C(=O)O)C(C)CC. The number of hydrogen-bond donors (Lipinski definition) is 7. The van der Waals surface area contributed by atoms with Crippen molar-refractivity contribution in [1.29, 1.82) is 0 Å². The van der Waals surface area contributed by atoms with Crippen molar-refractivity contribution < 1.29 is 29.4 Å². The molecule has 0 fully saturated rings. The standard InChI is InChI=1S/C21H41N5O6/c1-5-12(3)16(23)20(30)25-15(11-27)19(29)24-14(9-7-8-10-22)18(28)26-17(21(31)32)13(4)6-2/h12-17,27H,5-11,22-23H2,1-4H3,(H,24,29)(H,25,30)(H,26,28)(H,31,32). The lowest BCUT2D eigenvalue weighted by atomic mass is 9.98. The molecule has 0 bridgehead atoms. The Hall–Kier alpha value is -2.24. The molecule has 11 nitrogen and oxygen atoms in total. The third kappa shape index (κ3) is 9.92. The predicted molar refractivity (Wildman–Crippen MR) is 120 cm³/mol. The van der Waals surface area contributed by atoms with E-state index in [2.05, 4.69) is 16.0 Å². The van der Waals surface area contributed by atoms with Crippen molar-refractivity contribution in [2.24, 2.45) is 23.3 Å². The van der Waals surface area contributed by atoms with Gasteiger partial charge in [0.2, 0.25) is 17.7 Å². The van der Waals surface area contributed by atoms with Crippen LogP contribution in [0.15, 0.2) is 0 Å². The molecule has 3 amide bonds. The fourth-order valence-corrected chi connectivity index (χ4v) is 2.95. The van der Waals surface area contributed by atoms with E-state index in [1.807, 2.05) is 13.8 Å². The maximum absolute atomic E-state index is 12.8. The van der Waals surface area contributed by atoms with Gasteiger partial charge < -0.3 is 37.6 Å². The molecule has 11 heteroatoms. The summed E-state index contributed by atoms with van der Waals surface area (Å²) in [6, 6.07) is -4.30. The molecule has 32 heavy (non-hydrogen) atoms. The molecule has 0 aromatic rings. The Morgan fingerprint density at radius 1 is 0.844 bits per heavy atom. The molecule has 0 aliphatic carbocycles. The fourth-order valence-electron chi connectivity index (χ4n) is 2.95. The molecule has 0 radical (unpaired) electrons. The van der Waals surface area contributed by atoms with Gasteiger partial charge in [-0.1, -0.05) is 40.5 Å². The van der Waals surface area contributed by atoms with Gasteiger partial charge in [0.15, 0.2) is 0 Å².